The number of benzene rings is 2. The molecule has 0 heterocycles. The van der Waals surface area contributed by atoms with Crippen molar-refractivity contribution in [3.63, 3.8) is 0 Å². The van der Waals surface area contributed by atoms with Gasteiger partial charge in [0, 0.05) is 5.02 Å². The Morgan fingerprint density at radius 3 is 2.26 bits per heavy atom. The summed E-state index contributed by atoms with van der Waals surface area (Å²) >= 11 is 17.6. The van der Waals surface area contributed by atoms with Crippen LogP contribution in [0.2, 0.25) is 15.1 Å². The molecule has 0 saturated carbocycles. The normalized spacial score (nSPS) is 12.0. The molecule has 0 saturated heterocycles. The average molecular weight is 449 g/mol. The highest BCUT2D eigenvalue weighted by Gasteiger charge is 2.21. The summed E-state index contributed by atoms with van der Waals surface area (Å²) in [7, 11) is -3.73. The van der Waals surface area contributed by atoms with E-state index in [-0.39, 0.29) is 15.7 Å². The van der Waals surface area contributed by atoms with Gasteiger partial charge in [-0.3, -0.25) is 9.10 Å². The number of hydrazone groups is 1. The predicted octanol–water partition coefficient (Wildman–Crippen LogP) is 3.95. The first-order chi connectivity index (χ1) is 12.6. The maximum Gasteiger partial charge on any atom is 0.260 e. The van der Waals surface area contributed by atoms with Crippen molar-refractivity contribution in [2.45, 2.75) is 6.92 Å². The summed E-state index contributed by atoms with van der Waals surface area (Å²) in [5.74, 6) is -0.611. The van der Waals surface area contributed by atoms with Gasteiger partial charge < -0.3 is 0 Å². The lowest BCUT2D eigenvalue weighted by atomic mass is 10.1. The molecule has 0 fully saturated rings. The second kappa shape index (κ2) is 8.93. The number of carbonyl (C=O) groups excluding carboxylic acids is 1. The van der Waals surface area contributed by atoms with Crippen molar-refractivity contribution in [3.8, 4) is 0 Å². The zero-order chi connectivity index (χ0) is 20.2. The molecule has 27 heavy (non-hydrogen) atoms. The van der Waals surface area contributed by atoms with Crippen LogP contribution in [0.5, 0.6) is 0 Å². The smallest absolute Gasteiger partial charge is 0.260 e. The van der Waals surface area contributed by atoms with Gasteiger partial charge in [-0.25, -0.2) is 13.8 Å². The van der Waals surface area contributed by atoms with Gasteiger partial charge in [0.05, 0.1) is 27.7 Å². The summed E-state index contributed by atoms with van der Waals surface area (Å²) in [6.07, 6.45) is 0.991. The Labute approximate surface area is 172 Å². The van der Waals surface area contributed by atoms with Crippen molar-refractivity contribution in [2.24, 2.45) is 5.10 Å². The fraction of sp³-hybridized carbons (Fsp3) is 0.176. The molecule has 6 nitrogen and oxygen atoms in total. The maximum atomic E-state index is 12.2. The van der Waals surface area contributed by atoms with Crippen LogP contribution < -0.4 is 9.73 Å². The van der Waals surface area contributed by atoms with E-state index < -0.39 is 22.5 Å². The van der Waals surface area contributed by atoms with Crippen LogP contribution in [-0.2, 0) is 14.8 Å². The number of sulfonamides is 1. The van der Waals surface area contributed by atoms with E-state index in [1.165, 1.54) is 18.2 Å². The summed E-state index contributed by atoms with van der Waals surface area (Å²) in [6.45, 7) is 1.24. The molecule has 0 bridgehead atoms. The van der Waals surface area contributed by atoms with E-state index >= 15 is 0 Å². The summed E-state index contributed by atoms with van der Waals surface area (Å²) in [5.41, 5.74) is 3.88. The second-order valence-electron chi connectivity index (χ2n) is 5.61. The van der Waals surface area contributed by atoms with E-state index in [2.05, 4.69) is 10.5 Å². The van der Waals surface area contributed by atoms with Gasteiger partial charge in [-0.1, -0.05) is 46.9 Å². The molecular formula is C17H16Cl3N3O3S. The number of nitrogens with one attached hydrogen (secondary N) is 1. The first-order valence-corrected chi connectivity index (χ1v) is 10.6. The number of carbonyl (C=O) groups is 1. The summed E-state index contributed by atoms with van der Waals surface area (Å²) in [4.78, 5) is 12.2. The van der Waals surface area contributed by atoms with Crippen molar-refractivity contribution in [1.82, 2.24) is 5.43 Å². The average Bonchev–Trinajstić information content (AvgIpc) is 2.59. The molecule has 1 N–H and O–H groups in total. The molecule has 0 unspecified atom stereocenters. The van der Waals surface area contributed by atoms with Crippen molar-refractivity contribution < 1.29 is 13.2 Å². The lowest BCUT2D eigenvalue weighted by Crippen LogP contribution is -2.39. The quantitative estimate of drug-likeness (QED) is 0.537. The summed E-state index contributed by atoms with van der Waals surface area (Å²) < 4.78 is 25.1. The first kappa shape index (κ1) is 21.5. The fourth-order valence-corrected chi connectivity index (χ4v) is 3.37. The Bertz CT molecular complexity index is 977. The molecule has 0 aromatic heterocycles. The Morgan fingerprint density at radius 2 is 1.70 bits per heavy atom. The van der Waals surface area contributed by atoms with Crippen LogP contribution in [0.15, 0.2) is 47.6 Å². The Balaban J connectivity index is 2.15. The van der Waals surface area contributed by atoms with E-state index in [0.29, 0.717) is 10.7 Å². The SMILES string of the molecule is C/C(=N/NC(=O)CN(c1ccc(Cl)c(Cl)c1)S(C)(=O)=O)c1ccc(Cl)cc1. The van der Waals surface area contributed by atoms with E-state index in [0.717, 1.165) is 16.1 Å². The zero-order valence-corrected chi connectivity index (χ0v) is 17.5. The summed E-state index contributed by atoms with van der Waals surface area (Å²) in [6, 6.07) is 11.2. The standard InChI is InChI=1S/C17H16Cl3N3O3S/c1-11(12-3-5-13(18)6-4-12)21-22-17(24)10-23(27(2,25)26)14-7-8-15(19)16(20)9-14/h3-9H,10H2,1-2H3,(H,22,24)/b21-11-. The van der Waals surface area contributed by atoms with Crippen LogP contribution >= 0.6 is 34.8 Å². The molecule has 1 amide bonds. The lowest BCUT2D eigenvalue weighted by Gasteiger charge is -2.21. The number of hydrogen-bond donors (Lipinski definition) is 1. The second-order valence-corrected chi connectivity index (χ2v) is 8.76. The Hall–Kier alpha value is -1.80. The number of hydrogen-bond acceptors (Lipinski definition) is 4. The molecule has 144 valence electrons. The van der Waals surface area contributed by atoms with Crippen LogP contribution in [0.25, 0.3) is 0 Å². The van der Waals surface area contributed by atoms with Gasteiger partial charge in [0.2, 0.25) is 10.0 Å². The Kier molecular flexibility index (Phi) is 7.11. The number of anilines is 1. The molecule has 10 heteroatoms. The van der Waals surface area contributed by atoms with Gasteiger partial charge in [0.1, 0.15) is 6.54 Å². The van der Waals surface area contributed by atoms with Crippen LogP contribution in [0.3, 0.4) is 0 Å². The van der Waals surface area contributed by atoms with E-state index in [4.69, 9.17) is 34.8 Å². The molecule has 0 aliphatic heterocycles. The van der Waals surface area contributed by atoms with Crippen LogP contribution in [0.1, 0.15) is 12.5 Å². The van der Waals surface area contributed by atoms with Crippen LogP contribution in [-0.4, -0.2) is 32.8 Å². The zero-order valence-electron chi connectivity index (χ0n) is 14.4. The predicted molar refractivity (Wildman–Crippen MR) is 110 cm³/mol. The van der Waals surface area contributed by atoms with Gasteiger partial charge in [0.15, 0.2) is 0 Å². The van der Waals surface area contributed by atoms with Gasteiger partial charge in [-0.2, -0.15) is 5.10 Å². The summed E-state index contributed by atoms with van der Waals surface area (Å²) in [5, 5.41) is 5.03. The van der Waals surface area contributed by atoms with Gasteiger partial charge in [-0.05, 0) is 42.8 Å². The van der Waals surface area contributed by atoms with Gasteiger partial charge in [0.25, 0.3) is 5.91 Å². The highest BCUT2D eigenvalue weighted by molar-refractivity contribution is 7.92. The minimum absolute atomic E-state index is 0.180. The Morgan fingerprint density at radius 1 is 1.07 bits per heavy atom. The minimum atomic E-state index is -3.73. The largest absolute Gasteiger partial charge is 0.271 e. The molecule has 0 radical (unpaired) electrons. The van der Waals surface area contributed by atoms with E-state index in [1.54, 1.807) is 31.2 Å². The van der Waals surface area contributed by atoms with Crippen molar-refractivity contribution in [1.29, 1.82) is 0 Å². The van der Waals surface area contributed by atoms with Crippen LogP contribution in [0, 0.1) is 0 Å². The van der Waals surface area contributed by atoms with E-state index in [9.17, 15) is 13.2 Å². The molecule has 0 atom stereocenters. The van der Waals surface area contributed by atoms with E-state index in [1.807, 2.05) is 0 Å². The molecule has 0 aliphatic rings. The van der Waals surface area contributed by atoms with Gasteiger partial charge in [-0.15, -0.1) is 0 Å². The van der Waals surface area contributed by atoms with Crippen LogP contribution in [0.4, 0.5) is 5.69 Å². The van der Waals surface area contributed by atoms with Crippen molar-refractivity contribution in [3.05, 3.63) is 63.1 Å². The topological polar surface area (TPSA) is 78.8 Å². The molecule has 2 aromatic carbocycles. The third-order valence-corrected chi connectivity index (χ3v) is 5.62. The first-order valence-electron chi connectivity index (χ1n) is 7.60. The molecule has 2 rings (SSSR count). The van der Waals surface area contributed by atoms with Crippen molar-refractivity contribution in [2.75, 3.05) is 17.1 Å². The number of nitrogens with zero attached hydrogens (tertiary/aromatic N) is 2. The fourth-order valence-electron chi connectivity index (χ4n) is 2.11. The molecule has 0 aliphatic carbocycles. The highest BCUT2D eigenvalue weighted by Crippen LogP contribution is 2.28. The number of amides is 1. The highest BCUT2D eigenvalue weighted by atomic mass is 35.5. The van der Waals surface area contributed by atoms with Gasteiger partial charge >= 0.3 is 0 Å². The minimum Gasteiger partial charge on any atom is -0.271 e. The monoisotopic (exact) mass is 447 g/mol. The molecule has 0 spiro atoms. The lowest BCUT2D eigenvalue weighted by molar-refractivity contribution is -0.119. The molecular weight excluding hydrogens is 433 g/mol. The number of rotatable bonds is 6. The molecule has 2 aromatic rings. The van der Waals surface area contributed by atoms with Crippen molar-refractivity contribution >= 4 is 62.1 Å². The number of halogens is 3. The third kappa shape index (κ3) is 6.10. The maximum absolute atomic E-state index is 12.2. The third-order valence-electron chi connectivity index (χ3n) is 3.49.